The Kier molecular flexibility index (Phi) is 4.88. The molecule has 2 heterocycles. The van der Waals surface area contributed by atoms with Gasteiger partial charge < -0.3 is 9.47 Å². The third-order valence-corrected chi connectivity index (χ3v) is 4.95. The highest BCUT2D eigenvalue weighted by molar-refractivity contribution is 5.18. The highest BCUT2D eigenvalue weighted by Crippen LogP contribution is 2.27. The van der Waals surface area contributed by atoms with Gasteiger partial charge in [0.1, 0.15) is 12.2 Å². The molecule has 0 saturated carbocycles. The topological polar surface area (TPSA) is 34.0 Å². The Morgan fingerprint density at radius 1 is 1.18 bits per heavy atom. The fourth-order valence-electron chi connectivity index (χ4n) is 3.40. The predicted molar refractivity (Wildman–Crippen MR) is 88.9 cm³/mol. The molecule has 1 aliphatic rings. The molecule has 0 aliphatic carbocycles. The van der Waals surface area contributed by atoms with Crippen LogP contribution in [0.25, 0.3) is 0 Å². The van der Waals surface area contributed by atoms with E-state index in [0.717, 1.165) is 5.82 Å². The number of hydrogen-bond acceptors (Lipinski definition) is 3. The van der Waals surface area contributed by atoms with Gasteiger partial charge in [0.2, 0.25) is 0 Å². The van der Waals surface area contributed by atoms with Gasteiger partial charge in [-0.15, -0.1) is 10.2 Å². The Morgan fingerprint density at radius 3 is 2.55 bits per heavy atom. The molecule has 0 N–H and O–H groups in total. The van der Waals surface area contributed by atoms with Crippen LogP contribution in [0.3, 0.4) is 0 Å². The van der Waals surface area contributed by atoms with Crippen LogP contribution in [0.2, 0.25) is 0 Å². The summed E-state index contributed by atoms with van der Waals surface area (Å²) in [7, 11) is 2.04. The molecule has 1 atom stereocenters. The number of hydrogen-bond donors (Lipinski definition) is 0. The lowest BCUT2D eigenvalue weighted by Gasteiger charge is -2.32. The van der Waals surface area contributed by atoms with Crippen LogP contribution >= 0.6 is 0 Å². The molecule has 22 heavy (non-hydrogen) atoms. The number of aryl methyl sites for hydroxylation is 1. The maximum absolute atomic E-state index is 4.27. The van der Waals surface area contributed by atoms with Crippen molar-refractivity contribution in [1.82, 2.24) is 19.7 Å². The van der Waals surface area contributed by atoms with Gasteiger partial charge in [-0.1, -0.05) is 37.3 Å². The summed E-state index contributed by atoms with van der Waals surface area (Å²) >= 11 is 0. The number of benzene rings is 1. The van der Waals surface area contributed by atoms with E-state index in [-0.39, 0.29) is 0 Å². The van der Waals surface area contributed by atoms with Crippen LogP contribution in [0.15, 0.2) is 36.7 Å². The highest BCUT2D eigenvalue weighted by Gasteiger charge is 2.23. The van der Waals surface area contributed by atoms with E-state index >= 15 is 0 Å². The molecule has 1 saturated heterocycles. The first-order valence-corrected chi connectivity index (χ1v) is 8.35. The first kappa shape index (κ1) is 15.2. The first-order chi connectivity index (χ1) is 10.7. The van der Waals surface area contributed by atoms with Crippen molar-refractivity contribution in [2.45, 2.75) is 38.0 Å². The van der Waals surface area contributed by atoms with Gasteiger partial charge in [0, 0.05) is 13.0 Å². The highest BCUT2D eigenvalue weighted by atomic mass is 15.3. The van der Waals surface area contributed by atoms with Crippen molar-refractivity contribution in [2.75, 3.05) is 19.6 Å². The fraction of sp³-hybridized carbons (Fsp3) is 0.556. The third kappa shape index (κ3) is 3.55. The monoisotopic (exact) mass is 298 g/mol. The van der Waals surface area contributed by atoms with Gasteiger partial charge in [-0.25, -0.2) is 0 Å². The number of rotatable bonds is 5. The van der Waals surface area contributed by atoms with Crippen molar-refractivity contribution < 1.29 is 0 Å². The van der Waals surface area contributed by atoms with E-state index in [2.05, 4.69) is 56.9 Å². The molecule has 4 heteroatoms. The van der Waals surface area contributed by atoms with Crippen molar-refractivity contribution in [2.24, 2.45) is 7.05 Å². The average Bonchev–Trinajstić information content (AvgIpc) is 3.00. The Morgan fingerprint density at radius 2 is 1.91 bits per heavy atom. The molecular weight excluding hydrogens is 272 g/mol. The molecule has 1 fully saturated rings. The molecule has 0 amide bonds. The van der Waals surface area contributed by atoms with Gasteiger partial charge in [-0.3, -0.25) is 0 Å². The van der Waals surface area contributed by atoms with E-state index in [1.165, 1.54) is 44.5 Å². The van der Waals surface area contributed by atoms with E-state index in [1.807, 2.05) is 13.4 Å². The molecule has 2 aromatic rings. The maximum atomic E-state index is 4.27. The second kappa shape index (κ2) is 7.05. The first-order valence-electron chi connectivity index (χ1n) is 8.35. The zero-order chi connectivity index (χ0) is 15.4. The molecule has 0 bridgehead atoms. The van der Waals surface area contributed by atoms with Crippen LogP contribution < -0.4 is 0 Å². The van der Waals surface area contributed by atoms with Crippen molar-refractivity contribution in [3.8, 4) is 0 Å². The Labute approximate surface area is 133 Å². The lowest BCUT2D eigenvalue weighted by atomic mass is 9.94. The van der Waals surface area contributed by atoms with Crippen LogP contribution in [0.5, 0.6) is 0 Å². The molecule has 4 nitrogen and oxygen atoms in total. The molecule has 1 aromatic carbocycles. The zero-order valence-electron chi connectivity index (χ0n) is 13.7. The van der Waals surface area contributed by atoms with Gasteiger partial charge in [-0.2, -0.15) is 0 Å². The Hall–Kier alpha value is -1.68. The van der Waals surface area contributed by atoms with Crippen molar-refractivity contribution in [3.05, 3.63) is 48.0 Å². The van der Waals surface area contributed by atoms with Crippen molar-refractivity contribution in [3.63, 3.8) is 0 Å². The Bertz CT molecular complexity index is 570. The predicted octanol–water partition coefficient (Wildman–Crippen LogP) is 3.19. The van der Waals surface area contributed by atoms with Crippen molar-refractivity contribution in [1.29, 1.82) is 0 Å². The fourth-order valence-corrected chi connectivity index (χ4v) is 3.40. The lowest BCUT2D eigenvalue weighted by molar-refractivity contribution is 0.202. The van der Waals surface area contributed by atoms with Gasteiger partial charge in [0.25, 0.3) is 0 Å². The lowest BCUT2D eigenvalue weighted by Crippen LogP contribution is -2.34. The Balaban J connectivity index is 1.45. The standard InChI is InChI=1S/C18H26N4/c1-15(16-6-4-3-5-7-16)8-11-22-12-9-17(10-13-22)18-20-19-14-21(18)2/h3-7,14-15,17H,8-13H2,1-2H3/t15-/m1/s1. The summed E-state index contributed by atoms with van der Waals surface area (Å²) in [6, 6.07) is 10.8. The van der Waals surface area contributed by atoms with E-state index in [1.54, 1.807) is 0 Å². The molecule has 0 unspecified atom stereocenters. The molecule has 0 spiro atoms. The molecule has 0 radical (unpaired) electrons. The molecule has 1 aliphatic heterocycles. The summed E-state index contributed by atoms with van der Waals surface area (Å²) in [5.41, 5.74) is 1.46. The summed E-state index contributed by atoms with van der Waals surface area (Å²) in [5.74, 6) is 2.37. The van der Waals surface area contributed by atoms with Crippen LogP contribution in [-0.2, 0) is 7.05 Å². The van der Waals surface area contributed by atoms with Gasteiger partial charge in [-0.05, 0) is 50.4 Å². The minimum atomic E-state index is 0.579. The molecule has 118 valence electrons. The second-order valence-corrected chi connectivity index (χ2v) is 6.52. The van der Waals surface area contributed by atoms with Gasteiger partial charge >= 0.3 is 0 Å². The normalized spacial score (nSPS) is 18.5. The maximum Gasteiger partial charge on any atom is 0.135 e. The van der Waals surface area contributed by atoms with Gasteiger partial charge in [0.15, 0.2) is 0 Å². The minimum absolute atomic E-state index is 0.579. The second-order valence-electron chi connectivity index (χ2n) is 6.52. The van der Waals surface area contributed by atoms with E-state index in [9.17, 15) is 0 Å². The number of likely N-dealkylation sites (tertiary alicyclic amines) is 1. The largest absolute Gasteiger partial charge is 0.320 e. The van der Waals surface area contributed by atoms with Crippen LogP contribution in [0, 0.1) is 0 Å². The van der Waals surface area contributed by atoms with Gasteiger partial charge in [0.05, 0.1) is 0 Å². The zero-order valence-corrected chi connectivity index (χ0v) is 13.7. The summed E-state index contributed by atoms with van der Waals surface area (Å²) in [4.78, 5) is 2.60. The van der Waals surface area contributed by atoms with Crippen LogP contribution in [-0.4, -0.2) is 39.3 Å². The van der Waals surface area contributed by atoms with E-state index in [0.29, 0.717) is 11.8 Å². The summed E-state index contributed by atoms with van der Waals surface area (Å²) < 4.78 is 2.07. The summed E-state index contributed by atoms with van der Waals surface area (Å²) in [5, 5.41) is 8.28. The van der Waals surface area contributed by atoms with E-state index in [4.69, 9.17) is 0 Å². The summed E-state index contributed by atoms with van der Waals surface area (Å²) in [6.45, 7) is 5.89. The van der Waals surface area contributed by atoms with Crippen LogP contribution in [0.1, 0.15) is 49.4 Å². The molecule has 1 aromatic heterocycles. The van der Waals surface area contributed by atoms with Crippen LogP contribution in [0.4, 0.5) is 0 Å². The minimum Gasteiger partial charge on any atom is -0.320 e. The van der Waals surface area contributed by atoms with Crippen molar-refractivity contribution >= 4 is 0 Å². The summed E-state index contributed by atoms with van der Waals surface area (Å²) in [6.07, 6.45) is 5.44. The third-order valence-electron chi connectivity index (χ3n) is 4.95. The quantitative estimate of drug-likeness (QED) is 0.850. The number of aromatic nitrogens is 3. The van der Waals surface area contributed by atoms with E-state index < -0.39 is 0 Å². The smallest absolute Gasteiger partial charge is 0.135 e. The SMILES string of the molecule is C[C@H](CCN1CCC(c2nncn2C)CC1)c1ccccc1. The average molecular weight is 298 g/mol. The number of piperidine rings is 1. The molecular formula is C18H26N4. The number of nitrogens with zero attached hydrogens (tertiary/aromatic N) is 4. The molecule has 3 rings (SSSR count).